The quantitative estimate of drug-likeness (QED) is 0.861. The molecule has 2 rings (SSSR count). The number of nitrogens with zero attached hydrogens (tertiary/aromatic N) is 1. The van der Waals surface area contributed by atoms with Gasteiger partial charge in [-0.25, -0.2) is 0 Å². The van der Waals surface area contributed by atoms with Gasteiger partial charge in [0.2, 0.25) is 0 Å². The van der Waals surface area contributed by atoms with Crippen LogP contribution >= 0.6 is 0 Å². The van der Waals surface area contributed by atoms with Crippen molar-refractivity contribution < 1.29 is 4.74 Å². The van der Waals surface area contributed by atoms with Gasteiger partial charge in [0.15, 0.2) is 0 Å². The Morgan fingerprint density at radius 1 is 1.25 bits per heavy atom. The second kappa shape index (κ2) is 6.98. The Balaban J connectivity index is 1.94. The minimum Gasteiger partial charge on any atom is -0.497 e. The summed E-state index contributed by atoms with van der Waals surface area (Å²) in [5, 5.41) is 3.60. The van der Waals surface area contributed by atoms with Crippen LogP contribution in [-0.2, 0) is 0 Å². The number of hydrogen-bond donors (Lipinski definition) is 1. The van der Waals surface area contributed by atoms with Crippen LogP contribution < -0.4 is 15.0 Å². The van der Waals surface area contributed by atoms with Gasteiger partial charge in [-0.3, -0.25) is 0 Å². The molecule has 1 aliphatic rings. The number of ether oxygens (including phenoxy) is 1. The van der Waals surface area contributed by atoms with E-state index in [0.717, 1.165) is 12.3 Å². The van der Waals surface area contributed by atoms with Crippen molar-refractivity contribution >= 4 is 5.69 Å². The maximum atomic E-state index is 5.30. The van der Waals surface area contributed by atoms with Gasteiger partial charge < -0.3 is 15.0 Å². The summed E-state index contributed by atoms with van der Waals surface area (Å²) in [6, 6.07) is 8.30. The minimum atomic E-state index is 0.353. The van der Waals surface area contributed by atoms with E-state index in [9.17, 15) is 0 Å². The number of benzene rings is 1. The Morgan fingerprint density at radius 2 is 2.00 bits per heavy atom. The van der Waals surface area contributed by atoms with Gasteiger partial charge in [-0.15, -0.1) is 0 Å². The Bertz CT molecular complexity index is 413. The Labute approximate surface area is 123 Å². The number of anilines is 1. The number of methoxy groups -OCH3 is 1. The second-order valence-electron chi connectivity index (χ2n) is 5.96. The smallest absolute Gasteiger partial charge is 0.120 e. The van der Waals surface area contributed by atoms with E-state index in [1.54, 1.807) is 7.11 Å². The number of hydrogen-bond acceptors (Lipinski definition) is 3. The Kier molecular flexibility index (Phi) is 5.30. The molecular weight excluding hydrogens is 248 g/mol. The minimum absolute atomic E-state index is 0.353. The average Bonchev–Trinajstić information content (AvgIpc) is 2.53. The van der Waals surface area contributed by atoms with E-state index in [-0.39, 0.29) is 0 Å². The van der Waals surface area contributed by atoms with Crippen molar-refractivity contribution in [3.05, 3.63) is 24.3 Å². The lowest BCUT2D eigenvalue weighted by molar-refractivity contribution is 0.233. The topological polar surface area (TPSA) is 24.5 Å². The molecule has 0 aromatic heterocycles. The number of rotatable bonds is 6. The molecule has 1 N–H and O–H groups in total. The van der Waals surface area contributed by atoms with E-state index in [1.165, 1.54) is 44.2 Å². The highest BCUT2D eigenvalue weighted by molar-refractivity contribution is 5.50. The Morgan fingerprint density at radius 3 is 2.65 bits per heavy atom. The van der Waals surface area contributed by atoms with E-state index < -0.39 is 0 Å². The molecule has 1 fully saturated rings. The van der Waals surface area contributed by atoms with E-state index >= 15 is 0 Å². The van der Waals surface area contributed by atoms with E-state index in [4.69, 9.17) is 4.74 Å². The van der Waals surface area contributed by atoms with Crippen molar-refractivity contribution in [3.63, 3.8) is 0 Å². The monoisotopic (exact) mass is 276 g/mol. The molecular formula is C17H28N2O. The predicted molar refractivity (Wildman–Crippen MR) is 85.8 cm³/mol. The normalized spacial score (nSPS) is 17.8. The first-order valence-electron chi connectivity index (χ1n) is 7.73. The molecule has 3 nitrogen and oxygen atoms in total. The summed E-state index contributed by atoms with van der Waals surface area (Å²) >= 11 is 0. The third-order valence-electron chi connectivity index (χ3n) is 4.76. The SMILES string of the molecule is CNC1(CCN(C)c2cccc(OC)c2)CCCCC1. The summed E-state index contributed by atoms with van der Waals surface area (Å²) < 4.78 is 5.30. The third kappa shape index (κ3) is 3.66. The lowest BCUT2D eigenvalue weighted by Crippen LogP contribution is -2.46. The summed E-state index contributed by atoms with van der Waals surface area (Å²) in [7, 11) is 6.01. The van der Waals surface area contributed by atoms with Crippen LogP contribution in [-0.4, -0.2) is 33.3 Å². The highest BCUT2D eigenvalue weighted by atomic mass is 16.5. The first kappa shape index (κ1) is 15.2. The molecule has 112 valence electrons. The summed E-state index contributed by atoms with van der Waals surface area (Å²) in [4.78, 5) is 2.33. The molecule has 0 unspecified atom stereocenters. The van der Waals surface area contributed by atoms with E-state index in [2.05, 4.69) is 42.5 Å². The molecule has 0 amide bonds. The molecule has 1 aromatic rings. The van der Waals surface area contributed by atoms with Crippen molar-refractivity contribution in [2.24, 2.45) is 0 Å². The van der Waals surface area contributed by atoms with Crippen molar-refractivity contribution in [1.29, 1.82) is 0 Å². The molecule has 0 aliphatic heterocycles. The first-order valence-corrected chi connectivity index (χ1v) is 7.73. The van der Waals surface area contributed by atoms with E-state index in [0.29, 0.717) is 5.54 Å². The molecule has 1 saturated carbocycles. The zero-order chi connectivity index (χ0) is 14.4. The van der Waals surface area contributed by atoms with Gasteiger partial charge in [-0.1, -0.05) is 25.3 Å². The molecule has 0 saturated heterocycles. The molecule has 0 heterocycles. The zero-order valence-corrected chi connectivity index (χ0v) is 13.1. The summed E-state index contributed by atoms with van der Waals surface area (Å²) in [5.41, 5.74) is 1.58. The van der Waals surface area contributed by atoms with Crippen LogP contribution in [0.15, 0.2) is 24.3 Å². The second-order valence-corrected chi connectivity index (χ2v) is 5.96. The van der Waals surface area contributed by atoms with Gasteiger partial charge in [-0.2, -0.15) is 0 Å². The van der Waals surface area contributed by atoms with Gasteiger partial charge in [0, 0.05) is 30.9 Å². The molecule has 0 radical (unpaired) electrons. The van der Waals surface area contributed by atoms with Crippen molar-refractivity contribution in [1.82, 2.24) is 5.32 Å². The zero-order valence-electron chi connectivity index (χ0n) is 13.1. The molecule has 3 heteroatoms. The summed E-state index contributed by atoms with van der Waals surface area (Å²) in [6.07, 6.45) is 7.96. The fourth-order valence-electron chi connectivity index (χ4n) is 3.21. The van der Waals surface area contributed by atoms with Crippen LogP contribution in [0.1, 0.15) is 38.5 Å². The summed E-state index contributed by atoms with van der Waals surface area (Å²) in [6.45, 7) is 1.08. The Hall–Kier alpha value is -1.22. The highest BCUT2D eigenvalue weighted by Gasteiger charge is 2.29. The standard InChI is InChI=1S/C17H28N2O/c1-18-17(10-5-4-6-11-17)12-13-19(2)15-8-7-9-16(14-15)20-3/h7-9,14,18H,4-6,10-13H2,1-3H3. The van der Waals surface area contributed by atoms with Gasteiger partial charge in [0.05, 0.1) is 7.11 Å². The fraction of sp³-hybridized carbons (Fsp3) is 0.647. The average molecular weight is 276 g/mol. The molecule has 0 bridgehead atoms. The highest BCUT2D eigenvalue weighted by Crippen LogP contribution is 2.31. The maximum absolute atomic E-state index is 5.30. The first-order chi connectivity index (χ1) is 9.69. The molecule has 0 atom stereocenters. The van der Waals surface area contributed by atoms with Crippen LogP contribution in [0.25, 0.3) is 0 Å². The predicted octanol–water partition coefficient (Wildman–Crippen LogP) is 3.44. The largest absolute Gasteiger partial charge is 0.497 e. The van der Waals surface area contributed by atoms with Crippen molar-refractivity contribution in [2.75, 3.05) is 32.6 Å². The van der Waals surface area contributed by atoms with Gasteiger partial charge in [0.25, 0.3) is 0 Å². The van der Waals surface area contributed by atoms with Gasteiger partial charge in [0.1, 0.15) is 5.75 Å². The van der Waals surface area contributed by atoms with Crippen molar-refractivity contribution in [2.45, 2.75) is 44.1 Å². The molecule has 20 heavy (non-hydrogen) atoms. The van der Waals surface area contributed by atoms with Gasteiger partial charge >= 0.3 is 0 Å². The van der Waals surface area contributed by atoms with Crippen LogP contribution in [0.4, 0.5) is 5.69 Å². The fourth-order valence-corrected chi connectivity index (χ4v) is 3.21. The third-order valence-corrected chi connectivity index (χ3v) is 4.76. The molecule has 1 aliphatic carbocycles. The van der Waals surface area contributed by atoms with Gasteiger partial charge in [-0.05, 0) is 38.4 Å². The van der Waals surface area contributed by atoms with Crippen LogP contribution in [0, 0.1) is 0 Å². The van der Waals surface area contributed by atoms with Crippen molar-refractivity contribution in [3.8, 4) is 5.75 Å². The van der Waals surface area contributed by atoms with Crippen LogP contribution in [0.2, 0.25) is 0 Å². The van der Waals surface area contributed by atoms with E-state index in [1.807, 2.05) is 6.07 Å². The van der Waals surface area contributed by atoms with Crippen LogP contribution in [0.5, 0.6) is 5.75 Å². The summed E-state index contributed by atoms with van der Waals surface area (Å²) in [5.74, 6) is 0.926. The maximum Gasteiger partial charge on any atom is 0.120 e. The lowest BCUT2D eigenvalue weighted by Gasteiger charge is -2.38. The molecule has 0 spiro atoms. The molecule has 1 aromatic carbocycles. The number of nitrogens with one attached hydrogen (secondary N) is 1. The van der Waals surface area contributed by atoms with Crippen LogP contribution in [0.3, 0.4) is 0 Å². The lowest BCUT2D eigenvalue weighted by atomic mass is 9.79.